The third kappa shape index (κ3) is 4.92. The van der Waals surface area contributed by atoms with Gasteiger partial charge in [0.2, 0.25) is 0 Å². The van der Waals surface area contributed by atoms with E-state index < -0.39 is 0 Å². The van der Waals surface area contributed by atoms with Gasteiger partial charge in [0.25, 0.3) is 0 Å². The van der Waals surface area contributed by atoms with E-state index in [9.17, 15) is 4.39 Å². The number of hydrogen-bond donors (Lipinski definition) is 1. The van der Waals surface area contributed by atoms with E-state index in [1.807, 2.05) is 24.9 Å². The minimum atomic E-state index is -0.174. The molecule has 1 saturated heterocycles. The average molecular weight is 309 g/mol. The van der Waals surface area contributed by atoms with Gasteiger partial charge >= 0.3 is 0 Å². The molecule has 1 aliphatic heterocycles. The lowest BCUT2D eigenvalue weighted by Crippen LogP contribution is -2.51. The van der Waals surface area contributed by atoms with Gasteiger partial charge in [-0.2, -0.15) is 11.8 Å². The van der Waals surface area contributed by atoms with Crippen LogP contribution in [0.5, 0.6) is 0 Å². The number of guanidine groups is 1. The highest BCUT2D eigenvalue weighted by Crippen LogP contribution is 2.29. The molecule has 0 bridgehead atoms. The maximum Gasteiger partial charge on any atom is 0.193 e. The van der Waals surface area contributed by atoms with Crippen LogP contribution in [0.4, 0.5) is 4.39 Å². The summed E-state index contributed by atoms with van der Waals surface area (Å²) in [6.07, 6.45) is 0.794. The minimum absolute atomic E-state index is 0.174. The fourth-order valence-electron chi connectivity index (χ4n) is 2.54. The third-order valence-electron chi connectivity index (χ3n) is 3.52. The summed E-state index contributed by atoms with van der Waals surface area (Å²) < 4.78 is 13.4. The van der Waals surface area contributed by atoms with Crippen LogP contribution in [0.2, 0.25) is 0 Å². The van der Waals surface area contributed by atoms with Gasteiger partial charge in [-0.15, -0.1) is 0 Å². The molecule has 116 valence electrons. The molecule has 0 unspecified atom stereocenters. The molecule has 1 aliphatic rings. The van der Waals surface area contributed by atoms with E-state index in [1.54, 1.807) is 12.1 Å². The van der Waals surface area contributed by atoms with Crippen LogP contribution in [0.1, 0.15) is 19.4 Å². The van der Waals surface area contributed by atoms with Crippen molar-refractivity contribution in [1.82, 2.24) is 10.2 Å². The van der Waals surface area contributed by atoms with Gasteiger partial charge in [-0.25, -0.2) is 4.39 Å². The van der Waals surface area contributed by atoms with E-state index in [1.165, 1.54) is 6.07 Å². The van der Waals surface area contributed by atoms with Gasteiger partial charge in [-0.3, -0.25) is 4.99 Å². The fraction of sp³-hybridized carbons (Fsp3) is 0.562. The van der Waals surface area contributed by atoms with E-state index >= 15 is 0 Å². The lowest BCUT2D eigenvalue weighted by Gasteiger charge is -2.39. The van der Waals surface area contributed by atoms with Gasteiger partial charge in [0.1, 0.15) is 5.82 Å². The van der Waals surface area contributed by atoms with Crippen molar-refractivity contribution in [3.05, 3.63) is 35.6 Å². The summed E-state index contributed by atoms with van der Waals surface area (Å²) in [6, 6.07) is 6.77. The van der Waals surface area contributed by atoms with Crippen molar-refractivity contribution < 1.29 is 4.39 Å². The Labute approximate surface area is 131 Å². The molecule has 0 spiro atoms. The summed E-state index contributed by atoms with van der Waals surface area (Å²) in [4.78, 5) is 6.68. The summed E-state index contributed by atoms with van der Waals surface area (Å²) in [5.74, 6) is 1.89. The molecule has 0 saturated carbocycles. The van der Waals surface area contributed by atoms with Gasteiger partial charge in [-0.05, 0) is 38.0 Å². The zero-order chi connectivity index (χ0) is 15.3. The highest BCUT2D eigenvalue weighted by molar-refractivity contribution is 8.00. The molecule has 0 aromatic heterocycles. The van der Waals surface area contributed by atoms with Crippen LogP contribution in [-0.2, 0) is 6.42 Å². The highest BCUT2D eigenvalue weighted by Gasteiger charge is 2.28. The molecular weight excluding hydrogens is 285 g/mol. The SMILES string of the molecule is CN=C(NCCc1cccc(F)c1)N1CCSC(C)(C)C1. The summed E-state index contributed by atoms with van der Waals surface area (Å²) in [5.41, 5.74) is 1.01. The first-order valence-corrected chi connectivity index (χ1v) is 8.33. The van der Waals surface area contributed by atoms with Crippen LogP contribution < -0.4 is 5.32 Å². The average Bonchev–Trinajstić information content (AvgIpc) is 2.42. The second-order valence-corrected chi connectivity index (χ2v) is 7.69. The zero-order valence-electron chi connectivity index (χ0n) is 13.0. The summed E-state index contributed by atoms with van der Waals surface area (Å²) in [5, 5.41) is 3.39. The van der Waals surface area contributed by atoms with Crippen LogP contribution in [-0.4, -0.2) is 48.0 Å². The Morgan fingerprint density at radius 1 is 1.48 bits per heavy atom. The molecule has 0 radical (unpaired) electrons. The first-order valence-electron chi connectivity index (χ1n) is 7.34. The normalized spacial score (nSPS) is 18.7. The molecule has 1 N–H and O–H groups in total. The molecular formula is C16H24FN3S. The number of thioether (sulfide) groups is 1. The molecule has 1 aromatic carbocycles. The molecule has 21 heavy (non-hydrogen) atoms. The van der Waals surface area contributed by atoms with Crippen molar-refractivity contribution >= 4 is 17.7 Å². The maximum atomic E-state index is 13.1. The Morgan fingerprint density at radius 3 is 2.95 bits per heavy atom. The Hall–Kier alpha value is -1.23. The van der Waals surface area contributed by atoms with Gasteiger partial charge < -0.3 is 10.2 Å². The maximum absolute atomic E-state index is 13.1. The number of nitrogens with one attached hydrogen (secondary N) is 1. The molecule has 1 heterocycles. The number of benzene rings is 1. The van der Waals surface area contributed by atoms with Gasteiger partial charge in [0.05, 0.1) is 0 Å². The molecule has 0 aliphatic carbocycles. The van der Waals surface area contributed by atoms with Crippen LogP contribution in [0.15, 0.2) is 29.3 Å². The fourth-order valence-corrected chi connectivity index (χ4v) is 3.65. The molecule has 5 heteroatoms. The smallest absolute Gasteiger partial charge is 0.193 e. The van der Waals surface area contributed by atoms with Crippen molar-refractivity contribution in [2.24, 2.45) is 4.99 Å². The standard InChI is InChI=1S/C16H24FN3S/c1-16(2)12-20(9-10-21-16)15(18-3)19-8-7-13-5-4-6-14(17)11-13/h4-6,11H,7-10,12H2,1-3H3,(H,18,19). The Kier molecular flexibility index (Phi) is 5.51. The number of hydrogen-bond acceptors (Lipinski definition) is 2. The predicted molar refractivity (Wildman–Crippen MR) is 89.6 cm³/mol. The number of nitrogens with zero attached hydrogens (tertiary/aromatic N) is 2. The Bertz CT molecular complexity index is 502. The van der Waals surface area contributed by atoms with Crippen molar-refractivity contribution in [2.45, 2.75) is 25.0 Å². The highest BCUT2D eigenvalue weighted by atomic mass is 32.2. The molecule has 0 amide bonds. The van der Waals surface area contributed by atoms with Gasteiger partial charge in [-0.1, -0.05) is 12.1 Å². The van der Waals surface area contributed by atoms with E-state index in [-0.39, 0.29) is 10.6 Å². The summed E-state index contributed by atoms with van der Waals surface area (Å²) in [6.45, 7) is 7.32. The van der Waals surface area contributed by atoms with E-state index in [0.29, 0.717) is 0 Å². The number of aliphatic imine (C=N–C) groups is 1. The zero-order valence-corrected chi connectivity index (χ0v) is 13.8. The van der Waals surface area contributed by atoms with Gasteiger partial charge in [0, 0.05) is 37.2 Å². The molecule has 3 nitrogen and oxygen atoms in total. The lowest BCUT2D eigenvalue weighted by atomic mass is 10.1. The molecule has 2 rings (SSSR count). The first-order chi connectivity index (χ1) is 10.00. The largest absolute Gasteiger partial charge is 0.356 e. The first kappa shape index (κ1) is 16.1. The number of halogens is 1. The monoisotopic (exact) mass is 309 g/mol. The van der Waals surface area contributed by atoms with Crippen molar-refractivity contribution in [1.29, 1.82) is 0 Å². The second kappa shape index (κ2) is 7.16. The van der Waals surface area contributed by atoms with Crippen molar-refractivity contribution in [2.75, 3.05) is 32.4 Å². The summed E-state index contributed by atoms with van der Waals surface area (Å²) >= 11 is 2.01. The van der Waals surface area contributed by atoms with Crippen LogP contribution in [0.25, 0.3) is 0 Å². The molecule has 1 aromatic rings. The Morgan fingerprint density at radius 2 is 2.29 bits per heavy atom. The lowest BCUT2D eigenvalue weighted by molar-refractivity contribution is 0.376. The minimum Gasteiger partial charge on any atom is -0.356 e. The van der Waals surface area contributed by atoms with E-state index in [2.05, 4.69) is 29.1 Å². The van der Waals surface area contributed by atoms with Crippen molar-refractivity contribution in [3.63, 3.8) is 0 Å². The predicted octanol–water partition coefficient (Wildman–Crippen LogP) is 2.77. The topological polar surface area (TPSA) is 27.6 Å². The van der Waals surface area contributed by atoms with Crippen molar-refractivity contribution in [3.8, 4) is 0 Å². The third-order valence-corrected chi connectivity index (χ3v) is 4.82. The van der Waals surface area contributed by atoms with Crippen LogP contribution in [0, 0.1) is 5.82 Å². The van der Waals surface area contributed by atoms with Crippen LogP contribution >= 0.6 is 11.8 Å². The van der Waals surface area contributed by atoms with E-state index in [0.717, 1.165) is 43.3 Å². The second-order valence-electron chi connectivity index (χ2n) is 5.88. The Balaban J connectivity index is 1.86. The molecule has 1 fully saturated rings. The molecule has 0 atom stereocenters. The quantitative estimate of drug-likeness (QED) is 0.687. The summed E-state index contributed by atoms with van der Waals surface area (Å²) in [7, 11) is 1.82. The van der Waals surface area contributed by atoms with E-state index in [4.69, 9.17) is 0 Å². The van der Waals surface area contributed by atoms with Gasteiger partial charge in [0.15, 0.2) is 5.96 Å². The van der Waals surface area contributed by atoms with Crippen LogP contribution in [0.3, 0.4) is 0 Å². The number of rotatable bonds is 3.